The first kappa shape index (κ1) is 11.9. The number of rotatable bonds is 3. The SMILES string of the molecule is Cc1ccc(-c2cc(CCN)nn2C)c(C)c1. The molecule has 0 fully saturated rings. The van der Waals surface area contributed by atoms with Gasteiger partial charge in [-0.15, -0.1) is 0 Å². The predicted molar refractivity (Wildman–Crippen MR) is 70.9 cm³/mol. The summed E-state index contributed by atoms with van der Waals surface area (Å²) in [7, 11) is 1.98. The second-order valence-corrected chi connectivity index (χ2v) is 4.50. The van der Waals surface area contributed by atoms with E-state index in [1.807, 2.05) is 11.7 Å². The largest absolute Gasteiger partial charge is 0.330 e. The van der Waals surface area contributed by atoms with Crippen molar-refractivity contribution in [3.8, 4) is 11.3 Å². The Morgan fingerprint density at radius 3 is 2.65 bits per heavy atom. The van der Waals surface area contributed by atoms with Crippen molar-refractivity contribution in [1.29, 1.82) is 0 Å². The van der Waals surface area contributed by atoms with Crippen molar-refractivity contribution in [3.05, 3.63) is 41.1 Å². The smallest absolute Gasteiger partial charge is 0.0684 e. The summed E-state index contributed by atoms with van der Waals surface area (Å²) in [5.74, 6) is 0. The molecule has 0 aliphatic heterocycles. The van der Waals surface area contributed by atoms with Crippen LogP contribution in [0.2, 0.25) is 0 Å². The highest BCUT2D eigenvalue weighted by molar-refractivity contribution is 5.64. The molecule has 17 heavy (non-hydrogen) atoms. The third kappa shape index (κ3) is 2.39. The van der Waals surface area contributed by atoms with Crippen LogP contribution in [0, 0.1) is 13.8 Å². The molecule has 3 nitrogen and oxygen atoms in total. The van der Waals surface area contributed by atoms with Gasteiger partial charge in [0, 0.05) is 19.0 Å². The number of hydrogen-bond acceptors (Lipinski definition) is 2. The van der Waals surface area contributed by atoms with Crippen LogP contribution in [0.25, 0.3) is 11.3 Å². The number of aromatic nitrogens is 2. The average Bonchev–Trinajstić information content (AvgIpc) is 2.60. The number of nitrogens with two attached hydrogens (primary N) is 1. The first-order chi connectivity index (χ1) is 8.11. The molecule has 1 aromatic carbocycles. The molecule has 0 saturated carbocycles. The third-order valence-corrected chi connectivity index (χ3v) is 2.99. The van der Waals surface area contributed by atoms with E-state index in [4.69, 9.17) is 5.73 Å². The van der Waals surface area contributed by atoms with Gasteiger partial charge in [0.15, 0.2) is 0 Å². The van der Waals surface area contributed by atoms with Crippen molar-refractivity contribution in [3.63, 3.8) is 0 Å². The van der Waals surface area contributed by atoms with Crippen molar-refractivity contribution in [2.24, 2.45) is 12.8 Å². The van der Waals surface area contributed by atoms with Crippen LogP contribution in [0.4, 0.5) is 0 Å². The van der Waals surface area contributed by atoms with Crippen molar-refractivity contribution in [2.45, 2.75) is 20.3 Å². The van der Waals surface area contributed by atoms with Crippen LogP contribution in [0.15, 0.2) is 24.3 Å². The summed E-state index contributed by atoms with van der Waals surface area (Å²) < 4.78 is 1.93. The highest BCUT2D eigenvalue weighted by Crippen LogP contribution is 2.24. The zero-order valence-electron chi connectivity index (χ0n) is 10.7. The van der Waals surface area contributed by atoms with Crippen molar-refractivity contribution in [1.82, 2.24) is 9.78 Å². The Morgan fingerprint density at radius 1 is 1.24 bits per heavy atom. The van der Waals surface area contributed by atoms with Gasteiger partial charge >= 0.3 is 0 Å². The quantitative estimate of drug-likeness (QED) is 0.877. The van der Waals surface area contributed by atoms with E-state index >= 15 is 0 Å². The van der Waals surface area contributed by atoms with Crippen LogP contribution in [-0.2, 0) is 13.5 Å². The molecule has 0 bridgehead atoms. The Morgan fingerprint density at radius 2 is 2.00 bits per heavy atom. The fourth-order valence-corrected chi connectivity index (χ4v) is 2.15. The maximum Gasteiger partial charge on any atom is 0.0684 e. The van der Waals surface area contributed by atoms with E-state index in [1.54, 1.807) is 0 Å². The molecule has 0 aliphatic rings. The van der Waals surface area contributed by atoms with Gasteiger partial charge in [0.25, 0.3) is 0 Å². The van der Waals surface area contributed by atoms with Crippen LogP contribution in [0.5, 0.6) is 0 Å². The summed E-state index contributed by atoms with van der Waals surface area (Å²) >= 11 is 0. The molecule has 0 unspecified atom stereocenters. The molecule has 2 N–H and O–H groups in total. The van der Waals surface area contributed by atoms with Gasteiger partial charge in [-0.2, -0.15) is 5.10 Å². The zero-order valence-corrected chi connectivity index (χ0v) is 10.7. The van der Waals surface area contributed by atoms with Crippen LogP contribution >= 0.6 is 0 Å². The lowest BCUT2D eigenvalue weighted by Gasteiger charge is -2.06. The highest BCUT2D eigenvalue weighted by Gasteiger charge is 2.09. The summed E-state index contributed by atoms with van der Waals surface area (Å²) in [6.45, 7) is 4.89. The summed E-state index contributed by atoms with van der Waals surface area (Å²) in [6.07, 6.45) is 0.832. The van der Waals surface area contributed by atoms with Gasteiger partial charge in [-0.1, -0.05) is 23.8 Å². The Bertz CT molecular complexity index is 526. The molecular weight excluding hydrogens is 210 g/mol. The van der Waals surface area contributed by atoms with Gasteiger partial charge in [0.05, 0.1) is 11.4 Å². The van der Waals surface area contributed by atoms with Gasteiger partial charge in [-0.25, -0.2) is 0 Å². The second-order valence-electron chi connectivity index (χ2n) is 4.50. The summed E-state index contributed by atoms with van der Waals surface area (Å²) in [6, 6.07) is 8.63. The maximum absolute atomic E-state index is 5.56. The second kappa shape index (κ2) is 4.72. The minimum atomic E-state index is 0.642. The lowest BCUT2D eigenvalue weighted by Crippen LogP contribution is -2.03. The third-order valence-electron chi connectivity index (χ3n) is 2.99. The van der Waals surface area contributed by atoms with E-state index in [0.717, 1.165) is 17.8 Å². The lowest BCUT2D eigenvalue weighted by atomic mass is 10.0. The Balaban J connectivity index is 2.45. The van der Waals surface area contributed by atoms with E-state index in [-0.39, 0.29) is 0 Å². The maximum atomic E-state index is 5.56. The number of aryl methyl sites for hydroxylation is 3. The summed E-state index contributed by atoms with van der Waals surface area (Å²) in [5, 5.41) is 4.48. The molecule has 0 amide bonds. The van der Waals surface area contributed by atoms with Gasteiger partial charge < -0.3 is 5.73 Å². The standard InChI is InChI=1S/C14H19N3/c1-10-4-5-13(11(2)8-10)14-9-12(6-7-15)16-17(14)3/h4-5,8-9H,6-7,15H2,1-3H3. The fraction of sp³-hybridized carbons (Fsp3) is 0.357. The molecule has 1 aromatic heterocycles. The van der Waals surface area contributed by atoms with Crippen LogP contribution < -0.4 is 5.73 Å². The summed E-state index contributed by atoms with van der Waals surface area (Å²) in [5.41, 5.74) is 11.6. The van der Waals surface area contributed by atoms with Crippen LogP contribution in [0.3, 0.4) is 0 Å². The van der Waals surface area contributed by atoms with E-state index < -0.39 is 0 Å². The molecule has 0 atom stereocenters. The van der Waals surface area contributed by atoms with E-state index in [0.29, 0.717) is 6.54 Å². The number of hydrogen-bond donors (Lipinski definition) is 1. The molecule has 0 aliphatic carbocycles. The molecule has 1 heterocycles. The van der Waals surface area contributed by atoms with Crippen molar-refractivity contribution in [2.75, 3.05) is 6.54 Å². The first-order valence-corrected chi connectivity index (χ1v) is 5.92. The molecule has 2 rings (SSSR count). The Hall–Kier alpha value is -1.61. The van der Waals surface area contributed by atoms with Gasteiger partial charge in [0.1, 0.15) is 0 Å². The Labute approximate surface area is 102 Å². The molecule has 3 heteroatoms. The molecule has 90 valence electrons. The normalized spacial score (nSPS) is 10.8. The molecule has 2 aromatic rings. The highest BCUT2D eigenvalue weighted by atomic mass is 15.3. The summed E-state index contributed by atoms with van der Waals surface area (Å²) in [4.78, 5) is 0. The zero-order chi connectivity index (χ0) is 12.4. The minimum absolute atomic E-state index is 0.642. The fourth-order valence-electron chi connectivity index (χ4n) is 2.15. The van der Waals surface area contributed by atoms with Gasteiger partial charge in [-0.3, -0.25) is 4.68 Å². The van der Waals surface area contributed by atoms with Crippen LogP contribution in [0.1, 0.15) is 16.8 Å². The van der Waals surface area contributed by atoms with Gasteiger partial charge in [-0.05, 0) is 32.0 Å². The van der Waals surface area contributed by atoms with Gasteiger partial charge in [0.2, 0.25) is 0 Å². The molecule has 0 saturated heterocycles. The molecule has 0 radical (unpaired) electrons. The number of nitrogens with zero attached hydrogens (tertiary/aromatic N) is 2. The predicted octanol–water partition coefficient (Wildman–Crippen LogP) is 2.21. The monoisotopic (exact) mass is 229 g/mol. The lowest BCUT2D eigenvalue weighted by molar-refractivity contribution is 0.745. The topological polar surface area (TPSA) is 43.8 Å². The molecular formula is C14H19N3. The Kier molecular flexibility index (Phi) is 3.29. The minimum Gasteiger partial charge on any atom is -0.330 e. The molecule has 0 spiro atoms. The average molecular weight is 229 g/mol. The van der Waals surface area contributed by atoms with E-state index in [9.17, 15) is 0 Å². The van der Waals surface area contributed by atoms with Crippen molar-refractivity contribution >= 4 is 0 Å². The van der Waals surface area contributed by atoms with E-state index in [2.05, 4.69) is 43.2 Å². The van der Waals surface area contributed by atoms with Crippen molar-refractivity contribution < 1.29 is 0 Å². The number of benzene rings is 1. The van der Waals surface area contributed by atoms with Crippen LogP contribution in [-0.4, -0.2) is 16.3 Å². The first-order valence-electron chi connectivity index (χ1n) is 5.92. The van der Waals surface area contributed by atoms with E-state index in [1.165, 1.54) is 16.7 Å².